The number of nitrogens with zero attached hydrogens (tertiary/aromatic N) is 2. The summed E-state index contributed by atoms with van der Waals surface area (Å²) in [7, 11) is -1.60. The van der Waals surface area contributed by atoms with E-state index < -0.39 is 9.84 Å². The minimum Gasteiger partial charge on any atom is -0.489 e. The highest BCUT2D eigenvalue weighted by Crippen LogP contribution is 2.42. The molecule has 0 radical (unpaired) electrons. The minimum atomic E-state index is -3.69. The summed E-state index contributed by atoms with van der Waals surface area (Å²) in [6.45, 7) is 0.351. The second-order valence-electron chi connectivity index (χ2n) is 8.92. The number of fused-ring (bicyclic) bond motifs is 6. The summed E-state index contributed by atoms with van der Waals surface area (Å²) in [5, 5.41) is 4.73. The van der Waals surface area contributed by atoms with Crippen molar-refractivity contribution in [2.45, 2.75) is 47.7 Å². The molecule has 0 aliphatic carbocycles. The maximum atomic E-state index is 13.6. The maximum absolute atomic E-state index is 13.6. The van der Waals surface area contributed by atoms with Crippen LogP contribution in [0.25, 0.3) is 10.9 Å². The predicted molar refractivity (Wildman–Crippen MR) is 133 cm³/mol. The second kappa shape index (κ2) is 8.73. The zero-order valence-electron chi connectivity index (χ0n) is 18.8. The highest BCUT2D eigenvalue weighted by molar-refractivity contribution is 7.91. The molecule has 34 heavy (non-hydrogen) atoms. The molecule has 8 heteroatoms. The van der Waals surface area contributed by atoms with Crippen LogP contribution in [0.4, 0.5) is 0 Å². The van der Waals surface area contributed by atoms with Gasteiger partial charge in [0.1, 0.15) is 12.4 Å². The van der Waals surface area contributed by atoms with Gasteiger partial charge in [-0.3, -0.25) is 4.98 Å². The number of sulfone groups is 1. The lowest BCUT2D eigenvalue weighted by Crippen LogP contribution is -2.32. The summed E-state index contributed by atoms with van der Waals surface area (Å²) in [5.41, 5.74) is 4.66. The van der Waals surface area contributed by atoms with Crippen molar-refractivity contribution in [1.82, 2.24) is 14.9 Å². The van der Waals surface area contributed by atoms with Crippen LogP contribution < -0.4 is 10.1 Å². The number of benzene rings is 2. The molecule has 1 N–H and O–H groups in total. The molecule has 1 fully saturated rings. The summed E-state index contributed by atoms with van der Waals surface area (Å²) < 4.78 is 35.2. The average Bonchev–Trinajstić information content (AvgIpc) is 3.36. The molecule has 2 bridgehead atoms. The number of ether oxygens (including phenoxy) is 1. The monoisotopic (exact) mass is 495 g/mol. The van der Waals surface area contributed by atoms with E-state index in [1.54, 1.807) is 42.7 Å². The molecule has 2 atom stereocenters. The lowest BCUT2D eigenvalue weighted by molar-refractivity contribution is 0.305. The van der Waals surface area contributed by atoms with Gasteiger partial charge in [-0.2, -0.15) is 0 Å². The topological polar surface area (TPSA) is 73.2 Å². The van der Waals surface area contributed by atoms with Crippen LogP contribution in [0.2, 0.25) is 0 Å². The van der Waals surface area contributed by atoms with E-state index in [0.717, 1.165) is 29.3 Å². The predicted octanol–water partition coefficient (Wildman–Crippen LogP) is 4.76. The van der Waals surface area contributed by atoms with Crippen molar-refractivity contribution in [2.75, 3.05) is 0 Å². The van der Waals surface area contributed by atoms with Gasteiger partial charge in [0, 0.05) is 54.5 Å². The van der Waals surface area contributed by atoms with Gasteiger partial charge in [0.15, 0.2) is 0 Å². The van der Waals surface area contributed by atoms with Crippen LogP contribution in [0.1, 0.15) is 35.7 Å². The van der Waals surface area contributed by atoms with Crippen molar-refractivity contribution in [3.63, 3.8) is 0 Å². The van der Waals surface area contributed by atoms with E-state index in [2.05, 4.69) is 21.9 Å². The van der Waals surface area contributed by atoms with Crippen LogP contribution in [0, 0.1) is 0 Å². The zero-order chi connectivity index (χ0) is 22.6. The summed E-state index contributed by atoms with van der Waals surface area (Å²) in [5.74, 6) is 0.521. The van der Waals surface area contributed by atoms with Crippen LogP contribution in [-0.2, 0) is 29.9 Å². The van der Waals surface area contributed by atoms with Crippen molar-refractivity contribution in [2.24, 2.45) is 7.05 Å². The van der Waals surface area contributed by atoms with E-state index in [-0.39, 0.29) is 17.3 Å². The number of rotatable bonds is 5. The standard InChI is InChI=1S/C26H25N3O3S.ClH/c1-29-24-8-6-21(15-22(24)26-23-7-5-18(28-23)13-25(26)29)33(30,31)20-4-2-3-19(14-20)32-16-17-9-11-27-12-10-17;/h2-4,6,8-12,14-15,18,23,28H,5,7,13,16H2,1H3;1H. The fraction of sp³-hybridized carbons (Fsp3) is 0.269. The Morgan fingerprint density at radius 2 is 1.85 bits per heavy atom. The number of nitrogens with one attached hydrogen (secondary N) is 1. The molecule has 0 spiro atoms. The molecule has 6 rings (SSSR count). The van der Waals surface area contributed by atoms with Crippen LogP contribution in [0.15, 0.2) is 76.8 Å². The van der Waals surface area contributed by atoms with E-state index in [4.69, 9.17) is 4.74 Å². The Kier molecular flexibility index (Phi) is 5.88. The normalized spacial score (nSPS) is 19.0. The molecular formula is C26H26ClN3O3S. The first-order valence-corrected chi connectivity index (χ1v) is 12.7. The van der Waals surface area contributed by atoms with Crippen molar-refractivity contribution >= 4 is 33.1 Å². The van der Waals surface area contributed by atoms with E-state index >= 15 is 0 Å². The van der Waals surface area contributed by atoms with Gasteiger partial charge in [0.25, 0.3) is 0 Å². The molecule has 2 aliphatic heterocycles. The van der Waals surface area contributed by atoms with E-state index in [1.807, 2.05) is 24.3 Å². The maximum Gasteiger partial charge on any atom is 0.206 e. The van der Waals surface area contributed by atoms with Crippen molar-refractivity contribution in [1.29, 1.82) is 0 Å². The third-order valence-corrected chi connectivity index (χ3v) is 8.69. The Balaban J connectivity index is 0.00000241. The molecule has 2 unspecified atom stereocenters. The Morgan fingerprint density at radius 3 is 2.68 bits per heavy atom. The molecule has 4 heterocycles. The number of pyridine rings is 1. The number of halogens is 1. The molecule has 2 aromatic heterocycles. The zero-order valence-corrected chi connectivity index (χ0v) is 20.4. The van der Waals surface area contributed by atoms with E-state index in [9.17, 15) is 8.42 Å². The lowest BCUT2D eigenvalue weighted by atomic mass is 9.99. The highest BCUT2D eigenvalue weighted by atomic mass is 35.5. The van der Waals surface area contributed by atoms with Crippen LogP contribution >= 0.6 is 12.4 Å². The van der Waals surface area contributed by atoms with E-state index in [0.29, 0.717) is 29.3 Å². The minimum absolute atomic E-state index is 0. The molecule has 0 amide bonds. The second-order valence-corrected chi connectivity index (χ2v) is 10.9. The van der Waals surface area contributed by atoms with Gasteiger partial charge >= 0.3 is 0 Å². The molecule has 6 nitrogen and oxygen atoms in total. The summed E-state index contributed by atoms with van der Waals surface area (Å²) in [6, 6.07) is 16.8. The third-order valence-electron chi connectivity index (χ3n) is 6.95. The first-order valence-electron chi connectivity index (χ1n) is 11.2. The molecule has 2 aliphatic rings. The molecule has 4 aromatic rings. The SMILES string of the molecule is Cl.Cn1c2c(c3cc(S(=O)(=O)c4cccc(OCc5ccncc5)c4)ccc31)C1CCC(C2)N1. The van der Waals surface area contributed by atoms with Gasteiger partial charge in [-0.25, -0.2) is 8.42 Å². The van der Waals surface area contributed by atoms with Gasteiger partial charge in [-0.05, 0) is 72.5 Å². The lowest BCUT2D eigenvalue weighted by Gasteiger charge is -2.23. The largest absolute Gasteiger partial charge is 0.489 e. The molecule has 0 saturated carbocycles. The van der Waals surface area contributed by atoms with Gasteiger partial charge in [-0.1, -0.05) is 6.07 Å². The molecule has 2 aromatic carbocycles. The summed E-state index contributed by atoms with van der Waals surface area (Å²) in [4.78, 5) is 4.55. The fourth-order valence-electron chi connectivity index (χ4n) is 5.26. The first-order chi connectivity index (χ1) is 16.0. The Hall–Kier alpha value is -2.87. The number of aromatic nitrogens is 2. The van der Waals surface area contributed by atoms with Gasteiger partial charge in [0.05, 0.1) is 9.79 Å². The van der Waals surface area contributed by atoms with Gasteiger partial charge in [0.2, 0.25) is 9.84 Å². The summed E-state index contributed by atoms with van der Waals surface area (Å²) in [6.07, 6.45) is 6.68. The quantitative estimate of drug-likeness (QED) is 0.432. The average molecular weight is 496 g/mol. The molecule has 176 valence electrons. The smallest absolute Gasteiger partial charge is 0.206 e. The van der Waals surface area contributed by atoms with Crippen molar-refractivity contribution in [3.8, 4) is 5.75 Å². The van der Waals surface area contributed by atoms with Gasteiger partial charge < -0.3 is 14.6 Å². The number of aryl methyl sites for hydroxylation is 1. The number of hydrogen-bond acceptors (Lipinski definition) is 5. The van der Waals surface area contributed by atoms with Crippen LogP contribution in [-0.4, -0.2) is 24.0 Å². The fourth-order valence-corrected chi connectivity index (χ4v) is 6.58. The third kappa shape index (κ3) is 3.78. The van der Waals surface area contributed by atoms with Crippen LogP contribution in [0.5, 0.6) is 5.75 Å². The Labute approximate surface area is 205 Å². The van der Waals surface area contributed by atoms with Gasteiger partial charge in [-0.15, -0.1) is 12.4 Å². The Bertz CT molecular complexity index is 1470. The number of hydrogen-bond donors (Lipinski definition) is 1. The first kappa shape index (κ1) is 22.9. The Morgan fingerprint density at radius 1 is 1.06 bits per heavy atom. The highest BCUT2D eigenvalue weighted by Gasteiger charge is 2.36. The van der Waals surface area contributed by atoms with E-state index in [1.165, 1.54) is 17.7 Å². The van der Waals surface area contributed by atoms with Crippen molar-refractivity contribution in [3.05, 3.63) is 83.8 Å². The van der Waals surface area contributed by atoms with Crippen LogP contribution in [0.3, 0.4) is 0 Å². The van der Waals surface area contributed by atoms with Crippen molar-refractivity contribution < 1.29 is 13.2 Å². The summed E-state index contributed by atoms with van der Waals surface area (Å²) >= 11 is 0. The molecular weight excluding hydrogens is 470 g/mol. The molecule has 1 saturated heterocycles.